The molecule has 0 radical (unpaired) electrons. The van der Waals surface area contributed by atoms with Crippen molar-refractivity contribution < 1.29 is 47.8 Å². The normalized spacial score (nSPS) is 10.8. The largest absolute Gasteiger partial charge is 1.00 e. The van der Waals surface area contributed by atoms with Crippen molar-refractivity contribution in [2.24, 2.45) is 0 Å². The van der Waals surface area contributed by atoms with Crippen LogP contribution in [0.3, 0.4) is 0 Å². The van der Waals surface area contributed by atoms with Gasteiger partial charge in [-0.25, -0.2) is 4.18 Å². The molecule has 0 N–H and O–H groups in total. The first-order chi connectivity index (χ1) is 9.12. The maximum atomic E-state index is 11.0. The van der Waals surface area contributed by atoms with Gasteiger partial charge in [0.2, 0.25) is 0 Å². The van der Waals surface area contributed by atoms with E-state index in [-0.39, 0.29) is 37.6 Å². The van der Waals surface area contributed by atoms with Crippen molar-refractivity contribution in [3.05, 3.63) is 12.8 Å². The van der Waals surface area contributed by atoms with Gasteiger partial charge >= 0.3 is 40.0 Å². The van der Waals surface area contributed by atoms with Crippen LogP contribution in [-0.2, 0) is 18.8 Å². The first kappa shape index (κ1) is 22.7. The van der Waals surface area contributed by atoms with E-state index >= 15 is 0 Å². The fourth-order valence-corrected chi connectivity index (χ4v) is 2.41. The Bertz CT molecular complexity index is 310. The third kappa shape index (κ3) is 16.5. The summed E-state index contributed by atoms with van der Waals surface area (Å²) in [5, 5.41) is 0. The van der Waals surface area contributed by atoms with Crippen LogP contribution < -0.4 is 29.6 Å². The Balaban J connectivity index is -0.00000162. The van der Waals surface area contributed by atoms with Gasteiger partial charge in [-0.3, -0.25) is 0 Å². The zero-order chi connectivity index (χ0) is 14.4. The summed E-state index contributed by atoms with van der Waals surface area (Å²) in [5.41, 5.74) is 0. The van der Waals surface area contributed by atoms with Gasteiger partial charge in [0, 0.05) is 0 Å². The zero-order valence-corrected chi connectivity index (χ0v) is 15.9. The van der Waals surface area contributed by atoms with Crippen LogP contribution in [0.25, 0.3) is 0 Å². The van der Waals surface area contributed by atoms with Crippen LogP contribution in [0.1, 0.15) is 72.6 Å². The standard InChI is InChI=1S/C14H28O4S.Na.H/c1-3-5-6-7-8-9-10-11-12-13-14-18-19(15,16)17-4-2;;/h4H,2-3,5-14H2,1H3;;/q;+1;-1. The van der Waals surface area contributed by atoms with Gasteiger partial charge in [-0.1, -0.05) is 71.3 Å². The molecule has 0 rings (SSSR count). The second-order valence-corrected chi connectivity index (χ2v) is 5.92. The van der Waals surface area contributed by atoms with Crippen LogP contribution in [0.2, 0.25) is 0 Å². The van der Waals surface area contributed by atoms with Crippen LogP contribution in [0.4, 0.5) is 0 Å². The molecule has 6 heteroatoms. The number of hydrogen-bond acceptors (Lipinski definition) is 4. The molecule has 0 saturated heterocycles. The summed E-state index contributed by atoms with van der Waals surface area (Å²) in [6, 6.07) is 0. The Morgan fingerprint density at radius 2 is 1.40 bits per heavy atom. The van der Waals surface area contributed by atoms with E-state index in [1.54, 1.807) is 0 Å². The molecule has 0 bridgehead atoms. The summed E-state index contributed by atoms with van der Waals surface area (Å²) in [4.78, 5) is 0. The van der Waals surface area contributed by atoms with Crippen LogP contribution in [0.15, 0.2) is 12.8 Å². The van der Waals surface area contributed by atoms with E-state index in [1.165, 1.54) is 44.9 Å². The van der Waals surface area contributed by atoms with Gasteiger partial charge < -0.3 is 5.61 Å². The van der Waals surface area contributed by atoms with Gasteiger partial charge in [0.25, 0.3) is 0 Å². The van der Waals surface area contributed by atoms with E-state index in [1.807, 2.05) is 0 Å². The molecule has 20 heavy (non-hydrogen) atoms. The van der Waals surface area contributed by atoms with Crippen LogP contribution in [0, 0.1) is 0 Å². The molecule has 0 heterocycles. The van der Waals surface area contributed by atoms with Crippen LogP contribution in [-0.4, -0.2) is 15.0 Å². The molecule has 0 aromatic rings. The molecule has 0 fully saturated rings. The fourth-order valence-electron chi connectivity index (χ4n) is 1.86. The van der Waals surface area contributed by atoms with E-state index in [0.717, 1.165) is 25.5 Å². The first-order valence-electron chi connectivity index (χ1n) is 7.31. The monoisotopic (exact) mass is 316 g/mol. The van der Waals surface area contributed by atoms with E-state index in [4.69, 9.17) is 0 Å². The summed E-state index contributed by atoms with van der Waals surface area (Å²) in [6.07, 6.45) is 12.9. The Labute approximate surface area is 148 Å². The molecule has 0 aliphatic carbocycles. The fraction of sp³-hybridized carbons (Fsp3) is 0.857. The molecule has 0 aromatic heterocycles. The second kappa shape index (κ2) is 15.8. The number of rotatable bonds is 14. The van der Waals surface area contributed by atoms with Crippen LogP contribution >= 0.6 is 0 Å². The molecule has 116 valence electrons. The smallest absolute Gasteiger partial charge is 1.00 e. The maximum absolute atomic E-state index is 11.0. The van der Waals surface area contributed by atoms with Crippen molar-refractivity contribution in [1.82, 2.24) is 0 Å². The van der Waals surface area contributed by atoms with Crippen molar-refractivity contribution >= 4 is 10.4 Å². The van der Waals surface area contributed by atoms with Crippen molar-refractivity contribution in [3.63, 3.8) is 0 Å². The predicted octanol–water partition coefficient (Wildman–Crippen LogP) is 1.45. The Morgan fingerprint density at radius 3 is 1.85 bits per heavy atom. The molecule has 0 aromatic carbocycles. The van der Waals surface area contributed by atoms with Gasteiger partial charge in [-0.15, -0.1) is 0 Å². The van der Waals surface area contributed by atoms with E-state index < -0.39 is 10.4 Å². The molecule has 0 amide bonds. The minimum absolute atomic E-state index is 0. The van der Waals surface area contributed by atoms with Crippen molar-refractivity contribution in [3.8, 4) is 0 Å². The number of unbranched alkanes of at least 4 members (excludes halogenated alkanes) is 9. The zero-order valence-electron chi connectivity index (χ0n) is 14.1. The van der Waals surface area contributed by atoms with Crippen molar-refractivity contribution in [1.29, 1.82) is 0 Å². The SMILES string of the molecule is C=COS(=O)(=O)OCCCCCCCCCCCC.[H-].[Na+]. The van der Waals surface area contributed by atoms with Gasteiger partial charge in [0.05, 0.1) is 6.61 Å². The molecule has 0 atom stereocenters. The van der Waals surface area contributed by atoms with Gasteiger partial charge in [0.1, 0.15) is 6.26 Å². The summed E-state index contributed by atoms with van der Waals surface area (Å²) in [5.74, 6) is 0. The summed E-state index contributed by atoms with van der Waals surface area (Å²) in [7, 11) is -3.86. The minimum Gasteiger partial charge on any atom is -1.00 e. The summed E-state index contributed by atoms with van der Waals surface area (Å²) < 4.78 is 30.8. The molecule has 0 aliphatic heterocycles. The molecule has 0 spiro atoms. The third-order valence-corrected chi connectivity index (χ3v) is 3.74. The van der Waals surface area contributed by atoms with Crippen LogP contribution in [0.5, 0.6) is 0 Å². The summed E-state index contributed by atoms with van der Waals surface area (Å²) in [6.45, 7) is 5.58. The quantitative estimate of drug-likeness (QED) is 0.276. The molecule has 0 unspecified atom stereocenters. The molecule has 4 nitrogen and oxygen atoms in total. The Hall–Kier alpha value is 0.450. The van der Waals surface area contributed by atoms with E-state index in [0.29, 0.717) is 0 Å². The molecule has 0 saturated carbocycles. The Morgan fingerprint density at radius 1 is 0.950 bits per heavy atom. The Kier molecular flexibility index (Phi) is 18.0. The van der Waals surface area contributed by atoms with Gasteiger partial charge in [0.15, 0.2) is 0 Å². The van der Waals surface area contributed by atoms with E-state index in [2.05, 4.69) is 21.9 Å². The van der Waals surface area contributed by atoms with E-state index in [9.17, 15) is 8.42 Å². The molecule has 0 aliphatic rings. The topological polar surface area (TPSA) is 52.6 Å². The van der Waals surface area contributed by atoms with Gasteiger partial charge in [-0.2, -0.15) is 8.42 Å². The molecular formula is C14H29NaO4S. The van der Waals surface area contributed by atoms with Crippen molar-refractivity contribution in [2.75, 3.05) is 6.61 Å². The van der Waals surface area contributed by atoms with Crippen molar-refractivity contribution in [2.45, 2.75) is 71.1 Å². The maximum Gasteiger partial charge on any atom is 1.00 e. The minimum atomic E-state index is -3.86. The van der Waals surface area contributed by atoms with Gasteiger partial charge in [-0.05, 0) is 6.42 Å². The third-order valence-electron chi connectivity index (χ3n) is 2.91. The predicted molar refractivity (Wildman–Crippen MR) is 79.1 cm³/mol. The average Bonchev–Trinajstić information content (AvgIpc) is 2.36. The number of hydrogen-bond donors (Lipinski definition) is 0. The summed E-state index contributed by atoms with van der Waals surface area (Å²) >= 11 is 0. The average molecular weight is 316 g/mol. The molecular weight excluding hydrogens is 287 g/mol. The second-order valence-electron chi connectivity index (χ2n) is 4.68. The first-order valence-corrected chi connectivity index (χ1v) is 8.64.